The zero-order valence-electron chi connectivity index (χ0n) is 28.7. The van der Waals surface area contributed by atoms with Crippen molar-refractivity contribution in [3.8, 4) is 50.8 Å². The molecule has 3 aromatic heterocycles. The largest absolute Gasteiger partial charge is 3.00 e. The summed E-state index contributed by atoms with van der Waals surface area (Å²) in [6.45, 7) is 14.9. The molecule has 3 heterocycles. The van der Waals surface area contributed by atoms with Crippen LogP contribution in [0.2, 0.25) is 0 Å². The van der Waals surface area contributed by atoms with E-state index in [4.69, 9.17) is 9.51 Å². The zero-order chi connectivity index (χ0) is 33.2. The van der Waals surface area contributed by atoms with Crippen molar-refractivity contribution in [3.05, 3.63) is 149 Å². The Morgan fingerprint density at radius 3 is 1.88 bits per heavy atom. The molecule has 0 amide bonds. The minimum atomic E-state index is 0. The Balaban J connectivity index is 0.000000192. The molecule has 0 radical (unpaired) electrons. The van der Waals surface area contributed by atoms with E-state index in [0.29, 0.717) is 5.69 Å². The van der Waals surface area contributed by atoms with Gasteiger partial charge >= 0.3 is 20.1 Å². The fourth-order valence-electron chi connectivity index (χ4n) is 6.60. The van der Waals surface area contributed by atoms with E-state index >= 15 is 0 Å². The standard InChI is InChI=1S/C23H22N3O.C19H17N.Ir/c1-14-11-17(4)22(18(5)12-14)26-13-20(21-15(2)7-6-8-16(21)3)24-23(26)19-9-10-27-25-19;1-14-7-4-8-15(2)19(14)17-10-5-9-16(13-17)18-11-6-12-20(18)3;/h6-8,10-13H,1-5H3;4-8,10,12-13H,1-3H3;/q-1;-2;+3. The number of hydrogen-bond acceptors (Lipinski definition) is 3. The molecule has 4 aromatic carbocycles. The number of aromatic nitrogens is 4. The molecule has 0 aliphatic rings. The van der Waals surface area contributed by atoms with Gasteiger partial charge < -0.3 is 18.6 Å². The quantitative estimate of drug-likeness (QED) is 0.163. The van der Waals surface area contributed by atoms with Crippen molar-refractivity contribution in [2.24, 2.45) is 7.05 Å². The summed E-state index contributed by atoms with van der Waals surface area (Å²) in [5, 5.41) is 4.09. The maximum absolute atomic E-state index is 5.04. The van der Waals surface area contributed by atoms with Crippen LogP contribution in [0.25, 0.3) is 50.8 Å². The van der Waals surface area contributed by atoms with Gasteiger partial charge in [-0.15, -0.1) is 23.0 Å². The van der Waals surface area contributed by atoms with E-state index in [1.54, 1.807) is 0 Å². The molecule has 0 aliphatic heterocycles. The molecule has 7 aromatic rings. The van der Waals surface area contributed by atoms with Gasteiger partial charge in [-0.1, -0.05) is 54.1 Å². The third-order valence-electron chi connectivity index (χ3n) is 8.62. The number of nitrogens with zero attached hydrogens (tertiary/aromatic N) is 4. The average molecular weight is 808 g/mol. The average Bonchev–Trinajstić information content (AvgIpc) is 3.79. The predicted octanol–water partition coefficient (Wildman–Crippen LogP) is 10.1. The molecule has 6 heteroatoms. The van der Waals surface area contributed by atoms with Gasteiger partial charge in [0.2, 0.25) is 0 Å². The van der Waals surface area contributed by atoms with Crippen LogP contribution in [-0.2, 0) is 27.2 Å². The molecule has 0 fully saturated rings. The Hall–Kier alpha value is -4.77. The van der Waals surface area contributed by atoms with Crippen LogP contribution in [0, 0.1) is 66.7 Å². The minimum absolute atomic E-state index is 0. The van der Waals surface area contributed by atoms with Gasteiger partial charge in [0.1, 0.15) is 0 Å². The van der Waals surface area contributed by atoms with Crippen molar-refractivity contribution in [2.45, 2.75) is 48.5 Å². The van der Waals surface area contributed by atoms with Crippen molar-refractivity contribution in [3.63, 3.8) is 0 Å². The van der Waals surface area contributed by atoms with Gasteiger partial charge in [0.15, 0.2) is 0 Å². The van der Waals surface area contributed by atoms with E-state index in [1.165, 1.54) is 56.3 Å². The molecular weight excluding hydrogens is 769 g/mol. The summed E-state index contributed by atoms with van der Waals surface area (Å²) < 4.78 is 9.22. The van der Waals surface area contributed by atoms with Crippen LogP contribution in [0.15, 0.2) is 96.0 Å². The first-order chi connectivity index (χ1) is 22.6. The second kappa shape index (κ2) is 14.6. The second-order valence-corrected chi connectivity index (χ2v) is 12.3. The van der Waals surface area contributed by atoms with Gasteiger partial charge in [-0.2, -0.15) is 30.0 Å². The van der Waals surface area contributed by atoms with E-state index in [-0.39, 0.29) is 20.1 Å². The summed E-state index contributed by atoms with van der Waals surface area (Å²) >= 11 is 0. The smallest absolute Gasteiger partial charge is 0.464 e. The minimum Gasteiger partial charge on any atom is -0.464 e. The number of imidazole rings is 1. The Morgan fingerprint density at radius 2 is 1.31 bits per heavy atom. The first-order valence-corrected chi connectivity index (χ1v) is 15.8. The number of rotatable bonds is 5. The molecule has 48 heavy (non-hydrogen) atoms. The molecule has 5 nitrogen and oxygen atoms in total. The van der Waals surface area contributed by atoms with Crippen LogP contribution in [0.3, 0.4) is 0 Å². The van der Waals surface area contributed by atoms with E-state index in [1.807, 2.05) is 25.4 Å². The Labute approximate surface area is 297 Å². The first kappa shape index (κ1) is 34.6. The number of hydrogen-bond donors (Lipinski definition) is 0. The SMILES string of the molecule is Cc1cc(C)c(-n2cc(-c3c(C)cccc3C)nc2-c2[c-]con2)c(C)c1.Cc1cccc(C)c1-c1cc[c-]c(-c2[c-]ccn2C)c1.[Ir+3]. The van der Waals surface area contributed by atoms with Gasteiger partial charge in [0.05, 0.1) is 5.69 Å². The second-order valence-electron chi connectivity index (χ2n) is 12.3. The van der Waals surface area contributed by atoms with Crippen molar-refractivity contribution < 1.29 is 24.6 Å². The third kappa shape index (κ3) is 6.92. The van der Waals surface area contributed by atoms with Crippen LogP contribution in [0.5, 0.6) is 0 Å². The molecule has 0 bridgehead atoms. The van der Waals surface area contributed by atoms with Gasteiger partial charge in [0, 0.05) is 29.5 Å². The van der Waals surface area contributed by atoms with Crippen molar-refractivity contribution in [2.75, 3.05) is 0 Å². The van der Waals surface area contributed by atoms with Crippen LogP contribution in [0.1, 0.15) is 38.9 Å². The molecule has 0 aliphatic carbocycles. The van der Waals surface area contributed by atoms with Crippen molar-refractivity contribution >= 4 is 0 Å². The number of aryl methyl sites for hydroxylation is 8. The summed E-state index contributed by atoms with van der Waals surface area (Å²) in [6.07, 6.45) is 5.56. The Bertz CT molecular complexity index is 2120. The summed E-state index contributed by atoms with van der Waals surface area (Å²) in [6, 6.07) is 35.0. The van der Waals surface area contributed by atoms with Crippen LogP contribution < -0.4 is 0 Å². The van der Waals surface area contributed by atoms with Crippen LogP contribution in [0.4, 0.5) is 0 Å². The van der Waals surface area contributed by atoms with Gasteiger partial charge in [-0.05, 0) is 100 Å². The molecule has 0 atom stereocenters. The monoisotopic (exact) mass is 808 g/mol. The molecule has 0 saturated heterocycles. The van der Waals surface area contributed by atoms with E-state index in [9.17, 15) is 0 Å². The Morgan fingerprint density at radius 1 is 0.688 bits per heavy atom. The Kier molecular flexibility index (Phi) is 10.5. The van der Waals surface area contributed by atoms with E-state index in [0.717, 1.165) is 34.0 Å². The normalized spacial score (nSPS) is 10.8. The van der Waals surface area contributed by atoms with Gasteiger partial charge in [-0.3, -0.25) is 0 Å². The fraction of sp³-hybridized carbons (Fsp3) is 0.190. The third-order valence-corrected chi connectivity index (χ3v) is 8.62. The predicted molar refractivity (Wildman–Crippen MR) is 190 cm³/mol. The molecule has 0 saturated carbocycles. The molecule has 0 N–H and O–H groups in total. The van der Waals surface area contributed by atoms with Gasteiger partial charge in [-0.25, -0.2) is 17.7 Å². The van der Waals surface area contributed by atoms with Crippen LogP contribution in [-0.4, -0.2) is 19.3 Å². The molecular formula is C42H39IrN4O. The maximum atomic E-state index is 5.04. The summed E-state index contributed by atoms with van der Waals surface area (Å²) in [7, 11) is 2.03. The van der Waals surface area contributed by atoms with Crippen molar-refractivity contribution in [1.82, 2.24) is 19.3 Å². The summed E-state index contributed by atoms with van der Waals surface area (Å²) in [4.78, 5) is 4.93. The number of benzene rings is 4. The maximum Gasteiger partial charge on any atom is 3.00 e. The molecule has 0 unspecified atom stereocenters. The van der Waals surface area contributed by atoms with Crippen molar-refractivity contribution in [1.29, 1.82) is 0 Å². The van der Waals surface area contributed by atoms with Gasteiger partial charge in [0.25, 0.3) is 0 Å². The molecule has 7 rings (SSSR count). The fourth-order valence-corrected chi connectivity index (χ4v) is 6.60. The first-order valence-electron chi connectivity index (χ1n) is 15.8. The summed E-state index contributed by atoms with van der Waals surface area (Å²) in [5.74, 6) is 0.733. The van der Waals surface area contributed by atoms with E-state index in [2.05, 4.69) is 148 Å². The summed E-state index contributed by atoms with van der Waals surface area (Å²) in [5.41, 5.74) is 17.2. The topological polar surface area (TPSA) is 48.8 Å². The van der Waals surface area contributed by atoms with Crippen LogP contribution >= 0.6 is 0 Å². The molecule has 0 spiro atoms. The molecule has 242 valence electrons. The zero-order valence-corrected chi connectivity index (χ0v) is 31.1. The van der Waals surface area contributed by atoms with E-state index < -0.39 is 0 Å².